The summed E-state index contributed by atoms with van der Waals surface area (Å²) >= 11 is 12.2. The second-order valence-corrected chi connectivity index (χ2v) is 6.19. The molecule has 0 saturated heterocycles. The molecule has 15 heavy (non-hydrogen) atoms. The van der Waals surface area contributed by atoms with E-state index in [-0.39, 0.29) is 5.41 Å². The average Bonchev–Trinajstić information content (AvgIpc) is 2.15. The summed E-state index contributed by atoms with van der Waals surface area (Å²) < 4.78 is 0. The number of halogens is 2. The van der Waals surface area contributed by atoms with Gasteiger partial charge in [-0.25, -0.2) is 0 Å². The average molecular weight is 253 g/mol. The molecule has 0 amide bonds. The lowest BCUT2D eigenvalue weighted by atomic mass is 9.79. The van der Waals surface area contributed by atoms with Crippen molar-refractivity contribution >= 4 is 23.2 Å². The molecule has 0 fully saturated rings. The minimum absolute atomic E-state index is 0.173. The molecule has 0 nitrogen and oxygen atoms in total. The predicted molar refractivity (Wildman–Crippen MR) is 72.0 cm³/mol. The summed E-state index contributed by atoms with van der Waals surface area (Å²) in [5, 5.41) is 0. The molecule has 0 aliphatic heterocycles. The quantitative estimate of drug-likeness (QED) is 0.513. The van der Waals surface area contributed by atoms with Gasteiger partial charge in [-0.15, -0.1) is 23.2 Å². The van der Waals surface area contributed by atoms with Gasteiger partial charge < -0.3 is 0 Å². The molecule has 0 aliphatic rings. The van der Waals surface area contributed by atoms with Crippen LogP contribution in [0.15, 0.2) is 0 Å². The minimum atomic E-state index is 0.173. The Labute approximate surface area is 106 Å². The monoisotopic (exact) mass is 252 g/mol. The summed E-state index contributed by atoms with van der Waals surface area (Å²) in [5.41, 5.74) is 0.173. The van der Waals surface area contributed by atoms with Crippen LogP contribution in [0.1, 0.15) is 53.4 Å². The Kier molecular flexibility index (Phi) is 8.09. The molecule has 0 aromatic rings. The summed E-state index contributed by atoms with van der Waals surface area (Å²) in [7, 11) is 0. The zero-order chi connectivity index (χ0) is 11.9. The van der Waals surface area contributed by atoms with E-state index in [2.05, 4.69) is 27.7 Å². The SMILES string of the molecule is CC(C)CCCC(CCl)(CCl)CC(C)C. The molecule has 0 radical (unpaired) electrons. The minimum Gasteiger partial charge on any atom is -0.126 e. The molecule has 0 aromatic carbocycles. The van der Waals surface area contributed by atoms with Crippen molar-refractivity contribution in [1.82, 2.24) is 0 Å². The standard InChI is InChI=1S/C13H26Cl2/c1-11(2)6-5-7-13(9-14,10-15)8-12(3)4/h11-12H,5-10H2,1-4H3. The molecule has 2 heteroatoms. The van der Waals surface area contributed by atoms with E-state index in [1.807, 2.05) is 0 Å². The van der Waals surface area contributed by atoms with Crippen LogP contribution in [-0.4, -0.2) is 11.8 Å². The van der Waals surface area contributed by atoms with Gasteiger partial charge in [-0.1, -0.05) is 40.5 Å². The summed E-state index contributed by atoms with van der Waals surface area (Å²) in [4.78, 5) is 0. The van der Waals surface area contributed by atoms with Crippen LogP contribution in [0.2, 0.25) is 0 Å². The number of hydrogen-bond acceptors (Lipinski definition) is 0. The van der Waals surface area contributed by atoms with Crippen molar-refractivity contribution in [3.63, 3.8) is 0 Å². The number of hydrogen-bond donors (Lipinski definition) is 0. The van der Waals surface area contributed by atoms with E-state index >= 15 is 0 Å². The van der Waals surface area contributed by atoms with E-state index in [4.69, 9.17) is 23.2 Å². The summed E-state index contributed by atoms with van der Waals surface area (Å²) in [5.74, 6) is 2.87. The molecule has 0 unspecified atom stereocenters. The molecule has 0 aromatic heterocycles. The van der Waals surface area contributed by atoms with Gasteiger partial charge in [-0.05, 0) is 30.1 Å². The molecule has 0 saturated carbocycles. The van der Waals surface area contributed by atoms with Crippen molar-refractivity contribution in [3.05, 3.63) is 0 Å². The molecule has 0 heterocycles. The zero-order valence-corrected chi connectivity index (χ0v) is 12.2. The Morgan fingerprint density at radius 3 is 1.80 bits per heavy atom. The van der Waals surface area contributed by atoms with Crippen LogP contribution < -0.4 is 0 Å². The van der Waals surface area contributed by atoms with Gasteiger partial charge in [-0.3, -0.25) is 0 Å². The van der Waals surface area contributed by atoms with Gasteiger partial charge in [0, 0.05) is 11.8 Å². The molecule has 0 atom stereocenters. The second kappa shape index (κ2) is 7.79. The van der Waals surface area contributed by atoms with Gasteiger partial charge in [0.05, 0.1) is 0 Å². The maximum absolute atomic E-state index is 6.10. The van der Waals surface area contributed by atoms with E-state index in [9.17, 15) is 0 Å². The van der Waals surface area contributed by atoms with Crippen LogP contribution in [0.4, 0.5) is 0 Å². The van der Waals surface area contributed by atoms with E-state index in [1.165, 1.54) is 19.3 Å². The molecule has 0 aliphatic carbocycles. The first-order valence-electron chi connectivity index (χ1n) is 6.07. The molecule has 0 bridgehead atoms. The predicted octanol–water partition coefficient (Wildman–Crippen LogP) is 5.32. The lowest BCUT2D eigenvalue weighted by Crippen LogP contribution is -2.27. The van der Waals surface area contributed by atoms with Crippen LogP contribution >= 0.6 is 23.2 Å². The normalized spacial score (nSPS) is 12.8. The first kappa shape index (κ1) is 15.6. The number of alkyl halides is 2. The molecular formula is C13H26Cl2. The van der Waals surface area contributed by atoms with Crippen LogP contribution in [0.5, 0.6) is 0 Å². The Bertz CT molecular complexity index is 149. The highest BCUT2D eigenvalue weighted by Gasteiger charge is 2.28. The van der Waals surface area contributed by atoms with E-state index in [0.29, 0.717) is 17.7 Å². The van der Waals surface area contributed by atoms with Crippen molar-refractivity contribution in [2.45, 2.75) is 53.4 Å². The van der Waals surface area contributed by atoms with Gasteiger partial charge >= 0.3 is 0 Å². The largest absolute Gasteiger partial charge is 0.126 e. The smallest absolute Gasteiger partial charge is 0.0291 e. The Balaban J connectivity index is 4.11. The highest BCUT2D eigenvalue weighted by atomic mass is 35.5. The third kappa shape index (κ3) is 6.68. The van der Waals surface area contributed by atoms with Crippen LogP contribution in [0.3, 0.4) is 0 Å². The Morgan fingerprint density at radius 2 is 1.47 bits per heavy atom. The molecule has 0 spiro atoms. The van der Waals surface area contributed by atoms with Crippen molar-refractivity contribution in [3.8, 4) is 0 Å². The lowest BCUT2D eigenvalue weighted by molar-refractivity contribution is 0.262. The fourth-order valence-corrected chi connectivity index (χ4v) is 2.90. The Hall–Kier alpha value is 0.580. The lowest BCUT2D eigenvalue weighted by Gasteiger charge is -2.31. The van der Waals surface area contributed by atoms with E-state index < -0.39 is 0 Å². The third-order valence-electron chi connectivity index (χ3n) is 2.90. The van der Waals surface area contributed by atoms with Crippen LogP contribution in [0.25, 0.3) is 0 Å². The second-order valence-electron chi connectivity index (χ2n) is 5.65. The first-order valence-corrected chi connectivity index (χ1v) is 7.14. The Morgan fingerprint density at radius 1 is 0.933 bits per heavy atom. The maximum atomic E-state index is 6.10. The van der Waals surface area contributed by atoms with Gasteiger partial charge in [0.25, 0.3) is 0 Å². The zero-order valence-electron chi connectivity index (χ0n) is 10.7. The van der Waals surface area contributed by atoms with Crippen molar-refractivity contribution in [2.24, 2.45) is 17.3 Å². The van der Waals surface area contributed by atoms with Gasteiger partial charge in [-0.2, -0.15) is 0 Å². The highest BCUT2D eigenvalue weighted by molar-refractivity contribution is 6.21. The van der Waals surface area contributed by atoms with Crippen molar-refractivity contribution < 1.29 is 0 Å². The summed E-state index contributed by atoms with van der Waals surface area (Å²) in [6.45, 7) is 9.03. The summed E-state index contributed by atoms with van der Waals surface area (Å²) in [6, 6.07) is 0. The topological polar surface area (TPSA) is 0 Å². The van der Waals surface area contributed by atoms with Gasteiger partial charge in [0.2, 0.25) is 0 Å². The van der Waals surface area contributed by atoms with E-state index in [1.54, 1.807) is 0 Å². The fraction of sp³-hybridized carbons (Fsp3) is 1.00. The van der Waals surface area contributed by atoms with Crippen molar-refractivity contribution in [1.29, 1.82) is 0 Å². The van der Waals surface area contributed by atoms with Gasteiger partial charge in [0.1, 0.15) is 0 Å². The molecule has 92 valence electrons. The highest BCUT2D eigenvalue weighted by Crippen LogP contribution is 2.35. The molecule has 0 N–H and O–H groups in total. The van der Waals surface area contributed by atoms with E-state index in [0.717, 1.165) is 12.3 Å². The maximum Gasteiger partial charge on any atom is 0.0291 e. The molecule has 0 rings (SSSR count). The fourth-order valence-electron chi connectivity index (χ4n) is 2.13. The van der Waals surface area contributed by atoms with Crippen LogP contribution in [0, 0.1) is 17.3 Å². The summed E-state index contributed by atoms with van der Waals surface area (Å²) in [6.07, 6.45) is 4.87. The van der Waals surface area contributed by atoms with Gasteiger partial charge in [0.15, 0.2) is 0 Å². The number of rotatable bonds is 8. The van der Waals surface area contributed by atoms with Crippen molar-refractivity contribution in [2.75, 3.05) is 11.8 Å². The third-order valence-corrected chi connectivity index (χ3v) is 4.03. The van der Waals surface area contributed by atoms with Crippen LogP contribution in [-0.2, 0) is 0 Å². The molecular weight excluding hydrogens is 227 g/mol. The first-order chi connectivity index (χ1) is 6.95.